The Kier molecular flexibility index (Phi) is 9.24. The fourth-order valence-electron chi connectivity index (χ4n) is 3.63. The number of amides is 2. The quantitative estimate of drug-likeness (QED) is 0.419. The zero-order chi connectivity index (χ0) is 23.9. The number of carboxylic acids is 1. The van der Waals surface area contributed by atoms with Crippen LogP contribution in [0.5, 0.6) is 5.75 Å². The van der Waals surface area contributed by atoms with Crippen LogP contribution in [0.3, 0.4) is 0 Å². The number of carboxylic acid groups (broad SMARTS) is 1. The molecule has 2 amide bonds. The Balaban J connectivity index is 2.93. The Morgan fingerprint density at radius 1 is 1.19 bits per heavy atom. The van der Waals surface area contributed by atoms with Crippen LogP contribution >= 0.6 is 0 Å². The van der Waals surface area contributed by atoms with Gasteiger partial charge in [0.25, 0.3) is 0 Å². The van der Waals surface area contributed by atoms with Gasteiger partial charge in [0.15, 0.2) is 0 Å². The van der Waals surface area contributed by atoms with Crippen LogP contribution in [0, 0.1) is 5.92 Å². The average Bonchev–Trinajstić information content (AvgIpc) is 2.69. The first-order valence-electron chi connectivity index (χ1n) is 10.2. The predicted octanol–water partition coefficient (Wildman–Crippen LogP) is 1.89. The minimum absolute atomic E-state index is 0.0102. The normalized spacial score (nSPS) is 14.1. The lowest BCUT2D eigenvalue weighted by Crippen LogP contribution is -2.55. The summed E-state index contributed by atoms with van der Waals surface area (Å²) in [5.41, 5.74) is 0.0187. The van der Waals surface area contributed by atoms with Crippen LogP contribution in [-0.4, -0.2) is 65.6 Å². The molecule has 0 saturated heterocycles. The molecule has 1 aromatic carbocycles. The summed E-state index contributed by atoms with van der Waals surface area (Å²) in [5.74, 6) is -1.67. The van der Waals surface area contributed by atoms with Gasteiger partial charge in [0, 0.05) is 23.6 Å². The van der Waals surface area contributed by atoms with Crippen molar-refractivity contribution in [3.63, 3.8) is 0 Å². The van der Waals surface area contributed by atoms with Gasteiger partial charge in [0.05, 0.1) is 18.6 Å². The molecule has 0 fully saturated rings. The van der Waals surface area contributed by atoms with Crippen LogP contribution in [0.1, 0.15) is 40.2 Å². The maximum atomic E-state index is 12.9. The van der Waals surface area contributed by atoms with Gasteiger partial charge in [-0.25, -0.2) is 4.79 Å². The number of phenols is 1. The number of hydrogen-bond donors (Lipinski definition) is 4. The highest BCUT2D eigenvalue weighted by Gasteiger charge is 2.37. The summed E-state index contributed by atoms with van der Waals surface area (Å²) in [6, 6.07) is 5.71. The summed E-state index contributed by atoms with van der Waals surface area (Å²) in [5, 5.41) is 25.0. The van der Waals surface area contributed by atoms with Crippen molar-refractivity contribution in [3.8, 4) is 5.75 Å². The van der Waals surface area contributed by atoms with Crippen LogP contribution in [0.25, 0.3) is 0 Å². The molecule has 2 unspecified atom stereocenters. The van der Waals surface area contributed by atoms with E-state index in [-0.39, 0.29) is 35.6 Å². The van der Waals surface area contributed by atoms with E-state index in [1.807, 2.05) is 27.7 Å². The van der Waals surface area contributed by atoms with E-state index in [9.17, 15) is 19.5 Å². The minimum Gasteiger partial charge on any atom is -0.508 e. The fraction of sp³-hybridized carbons (Fsp3) is 0.522. The van der Waals surface area contributed by atoms with E-state index < -0.39 is 23.5 Å². The monoisotopic (exact) mass is 433 g/mol. The summed E-state index contributed by atoms with van der Waals surface area (Å²) in [6.07, 6.45) is 1.55. The van der Waals surface area contributed by atoms with Gasteiger partial charge in [-0.05, 0) is 26.0 Å². The van der Waals surface area contributed by atoms with Crippen LogP contribution in [-0.2, 0) is 19.8 Å². The third kappa shape index (κ3) is 6.55. The number of para-hydroxylation sites is 1. The average molecular weight is 434 g/mol. The van der Waals surface area contributed by atoms with E-state index in [4.69, 9.17) is 5.11 Å². The lowest BCUT2D eigenvalue weighted by Gasteiger charge is -2.34. The van der Waals surface area contributed by atoms with Gasteiger partial charge in [-0.1, -0.05) is 52.0 Å². The van der Waals surface area contributed by atoms with Crippen molar-refractivity contribution in [2.24, 2.45) is 5.92 Å². The maximum absolute atomic E-state index is 12.9. The molecule has 8 nitrogen and oxygen atoms in total. The lowest BCUT2D eigenvalue weighted by molar-refractivity contribution is -0.134. The first-order valence-corrected chi connectivity index (χ1v) is 10.2. The molecule has 0 saturated carbocycles. The highest BCUT2D eigenvalue weighted by Crippen LogP contribution is 2.33. The molecule has 31 heavy (non-hydrogen) atoms. The number of likely N-dealkylation sites (N-methyl/N-ethyl adjacent to an activating group) is 2. The van der Waals surface area contributed by atoms with E-state index >= 15 is 0 Å². The second-order valence-corrected chi connectivity index (χ2v) is 8.57. The van der Waals surface area contributed by atoms with E-state index in [1.54, 1.807) is 44.4 Å². The zero-order valence-electron chi connectivity index (χ0n) is 19.4. The number of carbonyl (C=O) groups is 3. The molecule has 0 radical (unpaired) electrons. The lowest BCUT2D eigenvalue weighted by atomic mass is 9.76. The summed E-state index contributed by atoms with van der Waals surface area (Å²) in [6.45, 7) is 8.72. The van der Waals surface area contributed by atoms with Gasteiger partial charge in [0.2, 0.25) is 11.8 Å². The molecule has 1 rings (SSSR count). The SMILES string of the molecule is CNC(C(=O)NCC(=O)N(C)C(/C=C(\C)C(=O)O)C(C)C)C(C)(C)c1ccccc1O. The smallest absolute Gasteiger partial charge is 0.331 e. The molecule has 0 bridgehead atoms. The highest BCUT2D eigenvalue weighted by atomic mass is 16.4. The molecular formula is C23H35N3O5. The largest absolute Gasteiger partial charge is 0.508 e. The topological polar surface area (TPSA) is 119 Å². The number of nitrogens with one attached hydrogen (secondary N) is 2. The number of hydrogen-bond acceptors (Lipinski definition) is 5. The van der Waals surface area contributed by atoms with E-state index in [1.165, 1.54) is 11.8 Å². The standard InChI is InChI=1S/C23H35N3O5/c1-14(2)17(12-15(3)22(30)31)26(7)19(28)13-25-21(29)20(24-6)23(4,5)16-10-8-9-11-18(16)27/h8-12,14,17,20,24,27H,13H2,1-7H3,(H,25,29)(H,30,31)/b15-12+. The third-order valence-electron chi connectivity index (χ3n) is 5.57. The molecule has 1 aromatic rings. The van der Waals surface area contributed by atoms with Crippen molar-refractivity contribution in [1.82, 2.24) is 15.5 Å². The summed E-state index contributed by atoms with van der Waals surface area (Å²) < 4.78 is 0. The Bertz CT molecular complexity index is 832. The fourth-order valence-corrected chi connectivity index (χ4v) is 3.63. The van der Waals surface area contributed by atoms with E-state index in [2.05, 4.69) is 10.6 Å². The molecule has 8 heteroatoms. The van der Waals surface area contributed by atoms with Crippen LogP contribution in [0.4, 0.5) is 0 Å². The summed E-state index contributed by atoms with van der Waals surface area (Å²) in [4.78, 5) is 38.2. The molecule has 0 aromatic heterocycles. The molecular weight excluding hydrogens is 398 g/mol. The van der Waals surface area contributed by atoms with Crippen molar-refractivity contribution >= 4 is 17.8 Å². The van der Waals surface area contributed by atoms with Crippen molar-refractivity contribution in [2.45, 2.75) is 52.1 Å². The van der Waals surface area contributed by atoms with Crippen LogP contribution in [0.2, 0.25) is 0 Å². The van der Waals surface area contributed by atoms with Crippen molar-refractivity contribution in [3.05, 3.63) is 41.5 Å². The first kappa shape index (κ1) is 26.2. The van der Waals surface area contributed by atoms with Gasteiger partial charge in [-0.15, -0.1) is 0 Å². The number of benzene rings is 1. The summed E-state index contributed by atoms with van der Waals surface area (Å²) >= 11 is 0. The first-order chi connectivity index (χ1) is 14.3. The second-order valence-electron chi connectivity index (χ2n) is 8.57. The second kappa shape index (κ2) is 10.9. The predicted molar refractivity (Wildman–Crippen MR) is 120 cm³/mol. The van der Waals surface area contributed by atoms with Crippen molar-refractivity contribution in [1.29, 1.82) is 0 Å². The Labute approximate surface area is 184 Å². The number of phenolic OH excluding ortho intramolecular Hbond substituents is 1. The molecule has 0 aliphatic rings. The number of nitrogens with zero attached hydrogens (tertiary/aromatic N) is 1. The molecule has 0 aliphatic carbocycles. The van der Waals surface area contributed by atoms with Gasteiger partial charge in [-0.3, -0.25) is 9.59 Å². The van der Waals surface area contributed by atoms with Crippen LogP contribution in [0.15, 0.2) is 35.9 Å². The molecule has 172 valence electrons. The molecule has 0 spiro atoms. The van der Waals surface area contributed by atoms with Crippen molar-refractivity contribution < 1.29 is 24.6 Å². The van der Waals surface area contributed by atoms with Crippen LogP contribution < -0.4 is 10.6 Å². The van der Waals surface area contributed by atoms with Gasteiger partial charge >= 0.3 is 5.97 Å². The summed E-state index contributed by atoms with van der Waals surface area (Å²) in [7, 11) is 3.24. The minimum atomic E-state index is -1.04. The molecule has 4 N–H and O–H groups in total. The molecule has 2 atom stereocenters. The zero-order valence-corrected chi connectivity index (χ0v) is 19.4. The number of aromatic hydroxyl groups is 1. The number of carbonyl (C=O) groups excluding carboxylic acids is 2. The van der Waals surface area contributed by atoms with Crippen molar-refractivity contribution in [2.75, 3.05) is 20.6 Å². The molecule has 0 aliphatic heterocycles. The Morgan fingerprint density at radius 3 is 2.26 bits per heavy atom. The third-order valence-corrected chi connectivity index (χ3v) is 5.57. The number of aliphatic carboxylic acids is 1. The molecule has 0 heterocycles. The van der Waals surface area contributed by atoms with E-state index in [0.717, 1.165) is 0 Å². The van der Waals surface area contributed by atoms with Gasteiger partial charge < -0.3 is 25.7 Å². The Morgan fingerprint density at radius 2 is 1.77 bits per heavy atom. The maximum Gasteiger partial charge on any atom is 0.331 e. The van der Waals surface area contributed by atoms with Gasteiger partial charge in [0.1, 0.15) is 5.75 Å². The Hall–Kier alpha value is -2.87. The highest BCUT2D eigenvalue weighted by molar-refractivity contribution is 5.89. The van der Waals surface area contributed by atoms with E-state index in [0.29, 0.717) is 5.56 Å². The van der Waals surface area contributed by atoms with Gasteiger partial charge in [-0.2, -0.15) is 0 Å². The number of rotatable bonds is 10.